The van der Waals surface area contributed by atoms with Gasteiger partial charge in [-0.3, -0.25) is 4.79 Å². The first-order valence-electron chi connectivity index (χ1n) is 3.32. The summed E-state index contributed by atoms with van der Waals surface area (Å²) in [5.74, 6) is 0.550. The summed E-state index contributed by atoms with van der Waals surface area (Å²) in [7, 11) is 0. The molecule has 0 spiro atoms. The third-order valence-corrected chi connectivity index (χ3v) is 1.56. The van der Waals surface area contributed by atoms with Crippen LogP contribution in [0.15, 0.2) is 11.1 Å². The first-order chi connectivity index (χ1) is 5.16. The van der Waals surface area contributed by atoms with Crippen LogP contribution in [0.3, 0.4) is 0 Å². The summed E-state index contributed by atoms with van der Waals surface area (Å²) in [6.07, 6.45) is 1.21. The van der Waals surface area contributed by atoms with E-state index in [2.05, 4.69) is 27.8 Å². The Hall–Kier alpha value is -0.0200. The highest BCUT2D eigenvalue weighted by molar-refractivity contribution is 9.11. The van der Waals surface area contributed by atoms with Crippen molar-refractivity contribution in [1.82, 2.24) is 5.32 Å². The zero-order valence-corrected chi connectivity index (χ0v) is 8.54. The number of halogens is 2. The standard InChI is InChI=1S/C7H11BrClNO/c1-6(8)5-10-7(11)3-2-4-9/h1-5H2,(H,10,11). The van der Waals surface area contributed by atoms with Crippen molar-refractivity contribution >= 4 is 33.4 Å². The van der Waals surface area contributed by atoms with Crippen LogP contribution < -0.4 is 5.32 Å². The Morgan fingerprint density at radius 2 is 2.27 bits per heavy atom. The van der Waals surface area contributed by atoms with Crippen LogP contribution in [0, 0.1) is 0 Å². The summed E-state index contributed by atoms with van der Waals surface area (Å²) >= 11 is 8.54. The Balaban J connectivity index is 3.30. The smallest absolute Gasteiger partial charge is 0.220 e. The van der Waals surface area contributed by atoms with Gasteiger partial charge in [-0.2, -0.15) is 0 Å². The van der Waals surface area contributed by atoms with Gasteiger partial charge in [0.25, 0.3) is 0 Å². The van der Waals surface area contributed by atoms with Crippen LogP contribution in [0.2, 0.25) is 0 Å². The molecule has 0 aromatic rings. The Labute approximate surface area is 80.1 Å². The average Bonchev–Trinajstić information content (AvgIpc) is 1.97. The van der Waals surface area contributed by atoms with Gasteiger partial charge >= 0.3 is 0 Å². The number of rotatable bonds is 5. The minimum absolute atomic E-state index is 0.0197. The van der Waals surface area contributed by atoms with Crippen molar-refractivity contribution in [3.8, 4) is 0 Å². The summed E-state index contributed by atoms with van der Waals surface area (Å²) in [6, 6.07) is 0. The van der Waals surface area contributed by atoms with Gasteiger partial charge in [0, 0.05) is 23.3 Å². The molecule has 0 aromatic heterocycles. The fourth-order valence-electron chi connectivity index (χ4n) is 0.510. The molecule has 0 radical (unpaired) electrons. The lowest BCUT2D eigenvalue weighted by Gasteiger charge is -2.01. The summed E-state index contributed by atoms with van der Waals surface area (Å²) < 4.78 is 0.775. The number of hydrogen-bond acceptors (Lipinski definition) is 1. The SMILES string of the molecule is C=C(Br)CNC(=O)CCCCl. The van der Waals surface area contributed by atoms with Crippen molar-refractivity contribution in [3.63, 3.8) is 0 Å². The third-order valence-electron chi connectivity index (χ3n) is 1.01. The third kappa shape index (κ3) is 7.88. The molecule has 11 heavy (non-hydrogen) atoms. The molecule has 0 unspecified atom stereocenters. The maximum atomic E-state index is 10.9. The molecular formula is C7H11BrClNO. The molecule has 0 bridgehead atoms. The lowest BCUT2D eigenvalue weighted by atomic mass is 10.3. The van der Waals surface area contributed by atoms with Crippen molar-refractivity contribution in [3.05, 3.63) is 11.1 Å². The second-order valence-corrected chi connectivity index (χ2v) is 3.59. The van der Waals surface area contributed by atoms with Gasteiger partial charge in [-0.15, -0.1) is 11.6 Å². The van der Waals surface area contributed by atoms with Crippen LogP contribution in [-0.2, 0) is 4.79 Å². The van der Waals surface area contributed by atoms with Gasteiger partial charge in [-0.1, -0.05) is 22.5 Å². The highest BCUT2D eigenvalue weighted by Crippen LogP contribution is 1.97. The number of carbonyl (C=O) groups excluding carboxylic acids is 1. The van der Waals surface area contributed by atoms with E-state index in [0.717, 1.165) is 10.9 Å². The number of alkyl halides is 1. The van der Waals surface area contributed by atoms with Crippen LogP contribution >= 0.6 is 27.5 Å². The van der Waals surface area contributed by atoms with E-state index in [0.29, 0.717) is 18.8 Å². The second kappa shape index (κ2) is 6.68. The van der Waals surface area contributed by atoms with Gasteiger partial charge in [0.1, 0.15) is 0 Å². The van der Waals surface area contributed by atoms with Crippen LogP contribution in [0.4, 0.5) is 0 Å². The van der Waals surface area contributed by atoms with E-state index in [4.69, 9.17) is 11.6 Å². The van der Waals surface area contributed by atoms with Crippen molar-refractivity contribution in [2.75, 3.05) is 12.4 Å². The molecular weight excluding hydrogens is 229 g/mol. The lowest BCUT2D eigenvalue weighted by molar-refractivity contribution is -0.120. The molecule has 0 atom stereocenters. The van der Waals surface area contributed by atoms with Gasteiger partial charge in [0.15, 0.2) is 0 Å². The minimum atomic E-state index is 0.0197. The van der Waals surface area contributed by atoms with Gasteiger partial charge < -0.3 is 5.32 Å². The number of nitrogens with one attached hydrogen (secondary N) is 1. The highest BCUT2D eigenvalue weighted by atomic mass is 79.9. The molecule has 64 valence electrons. The molecule has 0 saturated carbocycles. The van der Waals surface area contributed by atoms with Crippen molar-refractivity contribution < 1.29 is 4.79 Å². The van der Waals surface area contributed by atoms with Crippen molar-refractivity contribution in [1.29, 1.82) is 0 Å². The zero-order chi connectivity index (χ0) is 8.69. The first-order valence-corrected chi connectivity index (χ1v) is 4.65. The summed E-state index contributed by atoms with van der Waals surface area (Å²) in [5, 5.41) is 2.67. The topological polar surface area (TPSA) is 29.1 Å². The second-order valence-electron chi connectivity index (χ2n) is 2.09. The number of hydrogen-bond donors (Lipinski definition) is 1. The highest BCUT2D eigenvalue weighted by Gasteiger charge is 1.98. The van der Waals surface area contributed by atoms with E-state index in [1.807, 2.05) is 0 Å². The van der Waals surface area contributed by atoms with Crippen LogP contribution in [-0.4, -0.2) is 18.3 Å². The fraction of sp³-hybridized carbons (Fsp3) is 0.571. The minimum Gasteiger partial charge on any atom is -0.352 e. The molecule has 0 aromatic carbocycles. The summed E-state index contributed by atoms with van der Waals surface area (Å²) in [5.41, 5.74) is 0. The quantitative estimate of drug-likeness (QED) is 0.732. The van der Waals surface area contributed by atoms with Crippen LogP contribution in [0.25, 0.3) is 0 Å². The fourth-order valence-corrected chi connectivity index (χ4v) is 0.784. The van der Waals surface area contributed by atoms with E-state index in [1.165, 1.54) is 0 Å². The molecule has 0 heterocycles. The van der Waals surface area contributed by atoms with E-state index in [-0.39, 0.29) is 5.91 Å². The van der Waals surface area contributed by atoms with E-state index >= 15 is 0 Å². The van der Waals surface area contributed by atoms with Gasteiger partial charge in [0.2, 0.25) is 5.91 Å². The molecule has 0 saturated heterocycles. The maximum absolute atomic E-state index is 10.9. The predicted octanol–water partition coefficient (Wildman–Crippen LogP) is 2.03. The zero-order valence-electron chi connectivity index (χ0n) is 6.20. The average molecular weight is 241 g/mol. The normalized spacial score (nSPS) is 9.27. The lowest BCUT2D eigenvalue weighted by Crippen LogP contribution is -2.23. The van der Waals surface area contributed by atoms with Crippen molar-refractivity contribution in [2.45, 2.75) is 12.8 Å². The summed E-state index contributed by atoms with van der Waals surface area (Å²) in [4.78, 5) is 10.9. The van der Waals surface area contributed by atoms with E-state index in [1.54, 1.807) is 0 Å². The van der Waals surface area contributed by atoms with Gasteiger partial charge in [0.05, 0.1) is 0 Å². The largest absolute Gasteiger partial charge is 0.352 e. The number of carbonyl (C=O) groups is 1. The molecule has 0 aliphatic heterocycles. The Morgan fingerprint density at radius 1 is 1.64 bits per heavy atom. The molecule has 0 rings (SSSR count). The predicted molar refractivity (Wildman–Crippen MR) is 51.0 cm³/mol. The van der Waals surface area contributed by atoms with Crippen molar-refractivity contribution in [2.24, 2.45) is 0 Å². The molecule has 0 fully saturated rings. The van der Waals surface area contributed by atoms with Gasteiger partial charge in [-0.05, 0) is 6.42 Å². The maximum Gasteiger partial charge on any atom is 0.220 e. The van der Waals surface area contributed by atoms with E-state index < -0.39 is 0 Å². The molecule has 0 aliphatic carbocycles. The molecule has 4 heteroatoms. The Kier molecular flexibility index (Phi) is 6.66. The Bertz CT molecular complexity index is 149. The van der Waals surface area contributed by atoms with Crippen LogP contribution in [0.1, 0.15) is 12.8 Å². The van der Waals surface area contributed by atoms with E-state index in [9.17, 15) is 4.79 Å². The summed E-state index contributed by atoms with van der Waals surface area (Å²) in [6.45, 7) is 4.07. The monoisotopic (exact) mass is 239 g/mol. The molecule has 2 nitrogen and oxygen atoms in total. The van der Waals surface area contributed by atoms with Crippen LogP contribution in [0.5, 0.6) is 0 Å². The molecule has 1 N–H and O–H groups in total. The molecule has 1 amide bonds. The van der Waals surface area contributed by atoms with Gasteiger partial charge in [-0.25, -0.2) is 0 Å². The number of amides is 1. The Morgan fingerprint density at radius 3 is 2.73 bits per heavy atom. The molecule has 0 aliphatic rings. The first kappa shape index (κ1) is 11.0.